The smallest absolute Gasteiger partial charge is 0.210 e. The first-order valence-corrected chi connectivity index (χ1v) is 8.12. The SMILES string of the molecule is Cc1cc(Br)cc(Cl)c1OCC(=O)c1ccc(Br)s1. The molecule has 1 aromatic heterocycles. The molecule has 0 atom stereocenters. The topological polar surface area (TPSA) is 26.3 Å². The molecule has 0 saturated carbocycles. The van der Waals surface area contributed by atoms with Crippen molar-refractivity contribution in [3.8, 4) is 5.75 Å². The Morgan fingerprint density at radius 3 is 2.68 bits per heavy atom. The molecule has 1 aromatic carbocycles. The van der Waals surface area contributed by atoms with Crippen molar-refractivity contribution in [1.82, 2.24) is 0 Å². The Morgan fingerprint density at radius 2 is 2.11 bits per heavy atom. The molecule has 1 heterocycles. The predicted octanol–water partition coefficient (Wildman–Crippen LogP) is 5.50. The maximum Gasteiger partial charge on any atom is 0.210 e. The van der Waals surface area contributed by atoms with Crippen molar-refractivity contribution >= 4 is 60.6 Å². The summed E-state index contributed by atoms with van der Waals surface area (Å²) < 4.78 is 7.35. The number of carbonyl (C=O) groups is 1. The van der Waals surface area contributed by atoms with Crippen molar-refractivity contribution in [1.29, 1.82) is 0 Å². The summed E-state index contributed by atoms with van der Waals surface area (Å²) >= 11 is 14.2. The van der Waals surface area contributed by atoms with Crippen LogP contribution in [0, 0.1) is 6.92 Å². The summed E-state index contributed by atoms with van der Waals surface area (Å²) in [6.45, 7) is 1.87. The first-order chi connectivity index (χ1) is 8.97. The highest BCUT2D eigenvalue weighted by Gasteiger charge is 2.12. The monoisotopic (exact) mass is 422 g/mol. The van der Waals surface area contributed by atoms with Crippen LogP contribution in [0.5, 0.6) is 5.75 Å². The molecule has 0 amide bonds. The minimum atomic E-state index is -0.0610. The summed E-state index contributed by atoms with van der Waals surface area (Å²) in [4.78, 5) is 12.6. The lowest BCUT2D eigenvalue weighted by molar-refractivity contribution is 0.0925. The third kappa shape index (κ3) is 3.81. The van der Waals surface area contributed by atoms with Gasteiger partial charge in [-0.25, -0.2) is 0 Å². The lowest BCUT2D eigenvalue weighted by Crippen LogP contribution is -2.11. The van der Waals surface area contributed by atoms with Gasteiger partial charge < -0.3 is 4.74 Å². The third-order valence-electron chi connectivity index (χ3n) is 2.39. The maximum absolute atomic E-state index is 11.9. The number of ether oxygens (including phenoxy) is 1. The van der Waals surface area contributed by atoms with Crippen LogP contribution < -0.4 is 4.74 Å². The molecule has 2 aromatic rings. The average molecular weight is 425 g/mol. The van der Waals surface area contributed by atoms with E-state index in [0.717, 1.165) is 13.8 Å². The van der Waals surface area contributed by atoms with Gasteiger partial charge in [0.2, 0.25) is 5.78 Å². The van der Waals surface area contributed by atoms with Crippen molar-refractivity contribution < 1.29 is 9.53 Å². The van der Waals surface area contributed by atoms with Crippen LogP contribution in [0.2, 0.25) is 5.02 Å². The highest BCUT2D eigenvalue weighted by molar-refractivity contribution is 9.11. The van der Waals surface area contributed by atoms with Gasteiger partial charge in [0.05, 0.1) is 13.7 Å². The highest BCUT2D eigenvalue weighted by atomic mass is 79.9. The van der Waals surface area contributed by atoms with Crippen LogP contribution >= 0.6 is 54.8 Å². The average Bonchev–Trinajstić information content (AvgIpc) is 2.74. The molecule has 0 aliphatic heterocycles. The Hall–Kier alpha value is -0.360. The Balaban J connectivity index is 2.09. The number of benzene rings is 1. The molecule has 0 fully saturated rings. The van der Waals surface area contributed by atoms with E-state index in [1.165, 1.54) is 11.3 Å². The minimum absolute atomic E-state index is 0.0187. The van der Waals surface area contributed by atoms with Crippen LogP contribution in [0.4, 0.5) is 0 Å². The summed E-state index contributed by atoms with van der Waals surface area (Å²) in [6.07, 6.45) is 0. The van der Waals surface area contributed by atoms with E-state index >= 15 is 0 Å². The summed E-state index contributed by atoms with van der Waals surface area (Å²) in [7, 11) is 0. The third-order valence-corrected chi connectivity index (χ3v) is 4.79. The van der Waals surface area contributed by atoms with Gasteiger partial charge in [0.15, 0.2) is 6.61 Å². The largest absolute Gasteiger partial charge is 0.484 e. The van der Waals surface area contributed by atoms with E-state index in [2.05, 4.69) is 31.9 Å². The predicted molar refractivity (Wildman–Crippen MR) is 85.7 cm³/mol. The fraction of sp³-hybridized carbons (Fsp3) is 0.154. The molecule has 0 unspecified atom stereocenters. The van der Waals surface area contributed by atoms with Gasteiger partial charge in [0.1, 0.15) is 5.75 Å². The van der Waals surface area contributed by atoms with Crippen LogP contribution in [0.25, 0.3) is 0 Å². The lowest BCUT2D eigenvalue weighted by Gasteiger charge is -2.10. The molecular weight excluding hydrogens is 415 g/mol. The van der Waals surface area contributed by atoms with Gasteiger partial charge in [0.25, 0.3) is 0 Å². The molecule has 0 radical (unpaired) electrons. The highest BCUT2D eigenvalue weighted by Crippen LogP contribution is 2.32. The van der Waals surface area contributed by atoms with Gasteiger partial charge in [-0.2, -0.15) is 0 Å². The zero-order valence-electron chi connectivity index (χ0n) is 9.88. The van der Waals surface area contributed by atoms with Gasteiger partial charge in [-0.1, -0.05) is 27.5 Å². The normalized spacial score (nSPS) is 10.5. The number of hydrogen-bond acceptors (Lipinski definition) is 3. The Labute approximate surface area is 137 Å². The second-order valence-corrected chi connectivity index (χ2v) is 7.64. The van der Waals surface area contributed by atoms with Gasteiger partial charge in [-0.3, -0.25) is 4.79 Å². The molecule has 0 spiro atoms. The minimum Gasteiger partial charge on any atom is -0.484 e. The molecule has 0 saturated heterocycles. The van der Waals surface area contributed by atoms with Crippen molar-refractivity contribution in [2.75, 3.05) is 6.61 Å². The number of rotatable bonds is 4. The van der Waals surface area contributed by atoms with Crippen LogP contribution in [0.1, 0.15) is 15.2 Å². The number of carbonyl (C=O) groups excluding carboxylic acids is 1. The molecule has 2 nitrogen and oxygen atoms in total. The Bertz CT molecular complexity index is 602. The number of aryl methyl sites for hydroxylation is 1. The van der Waals surface area contributed by atoms with E-state index in [1.54, 1.807) is 12.1 Å². The maximum atomic E-state index is 11.9. The fourth-order valence-electron chi connectivity index (χ4n) is 1.54. The molecule has 0 bridgehead atoms. The zero-order valence-corrected chi connectivity index (χ0v) is 14.6. The van der Waals surface area contributed by atoms with Crippen LogP contribution in [-0.2, 0) is 0 Å². The van der Waals surface area contributed by atoms with Crippen LogP contribution in [-0.4, -0.2) is 12.4 Å². The van der Waals surface area contributed by atoms with E-state index in [4.69, 9.17) is 16.3 Å². The molecule has 19 heavy (non-hydrogen) atoms. The number of ketones is 1. The first kappa shape index (κ1) is 15.0. The molecular formula is C13H9Br2ClO2S. The van der Waals surface area contributed by atoms with E-state index in [1.807, 2.05) is 19.1 Å². The summed E-state index contributed by atoms with van der Waals surface area (Å²) in [5.74, 6) is 0.489. The second-order valence-electron chi connectivity index (χ2n) is 3.85. The molecule has 6 heteroatoms. The van der Waals surface area contributed by atoms with E-state index in [9.17, 15) is 4.79 Å². The number of hydrogen-bond donors (Lipinski definition) is 0. The van der Waals surface area contributed by atoms with E-state index in [0.29, 0.717) is 15.6 Å². The van der Waals surface area contributed by atoms with Gasteiger partial charge in [0, 0.05) is 4.47 Å². The zero-order chi connectivity index (χ0) is 14.0. The van der Waals surface area contributed by atoms with Crippen molar-refractivity contribution in [3.63, 3.8) is 0 Å². The summed E-state index contributed by atoms with van der Waals surface area (Å²) in [5.41, 5.74) is 0.888. The van der Waals surface area contributed by atoms with Gasteiger partial charge in [-0.05, 0) is 52.7 Å². The molecule has 0 N–H and O–H groups in total. The second kappa shape index (κ2) is 6.39. The standard InChI is InChI=1S/C13H9Br2ClO2S/c1-7-4-8(14)5-9(16)13(7)18-6-10(17)11-2-3-12(15)19-11/h2-5H,6H2,1H3. The Kier molecular flexibility index (Phi) is 5.06. The number of halogens is 3. The Morgan fingerprint density at radius 1 is 1.37 bits per heavy atom. The van der Waals surface area contributed by atoms with E-state index in [-0.39, 0.29) is 12.4 Å². The summed E-state index contributed by atoms with van der Waals surface area (Å²) in [6, 6.07) is 7.26. The van der Waals surface area contributed by atoms with Crippen molar-refractivity contribution in [2.45, 2.75) is 6.92 Å². The molecule has 0 aliphatic rings. The van der Waals surface area contributed by atoms with E-state index < -0.39 is 0 Å². The number of thiophene rings is 1. The van der Waals surface area contributed by atoms with Crippen molar-refractivity contribution in [2.24, 2.45) is 0 Å². The fourth-order valence-corrected chi connectivity index (χ4v) is 3.88. The lowest BCUT2D eigenvalue weighted by atomic mass is 10.2. The van der Waals surface area contributed by atoms with Crippen LogP contribution in [0.3, 0.4) is 0 Å². The molecule has 0 aliphatic carbocycles. The summed E-state index contributed by atoms with van der Waals surface area (Å²) in [5, 5.41) is 0.493. The molecule has 2 rings (SSSR count). The quantitative estimate of drug-likeness (QED) is 0.606. The van der Waals surface area contributed by atoms with Gasteiger partial charge in [-0.15, -0.1) is 11.3 Å². The first-order valence-electron chi connectivity index (χ1n) is 5.34. The van der Waals surface area contributed by atoms with Gasteiger partial charge >= 0.3 is 0 Å². The number of Topliss-reactive ketones (excluding diaryl/α,β-unsaturated/α-hetero) is 1. The van der Waals surface area contributed by atoms with Crippen LogP contribution in [0.15, 0.2) is 32.5 Å². The molecule has 100 valence electrons. The van der Waals surface area contributed by atoms with Crippen molar-refractivity contribution in [3.05, 3.63) is 48.0 Å².